The minimum atomic E-state index is -4.52. The number of hydrogen-bond donors (Lipinski definition) is 0. The van der Waals surface area contributed by atoms with Crippen LogP contribution in [0.2, 0.25) is 0 Å². The third-order valence-electron chi connectivity index (χ3n) is 3.33. The first-order valence-electron chi connectivity index (χ1n) is 7.00. The Morgan fingerprint density at radius 2 is 1.75 bits per heavy atom. The highest BCUT2D eigenvalue weighted by Gasteiger charge is 2.33. The van der Waals surface area contributed by atoms with E-state index in [1.54, 1.807) is 6.07 Å². The van der Waals surface area contributed by atoms with E-state index in [9.17, 15) is 13.2 Å². The van der Waals surface area contributed by atoms with E-state index >= 15 is 0 Å². The first-order valence-corrected chi connectivity index (χ1v) is 7.00. The highest BCUT2D eigenvalue weighted by molar-refractivity contribution is 5.61. The van der Waals surface area contributed by atoms with Crippen LogP contribution >= 0.6 is 0 Å². The number of hydrogen-bond acceptors (Lipinski definition) is 4. The molecular weight excluding hydrogens is 321 g/mol. The lowest BCUT2D eigenvalue weighted by molar-refractivity contribution is -0.141. The van der Waals surface area contributed by atoms with Crippen LogP contribution in [0.3, 0.4) is 0 Å². The Balaban J connectivity index is 2.07. The van der Waals surface area contributed by atoms with Crippen LogP contribution < -0.4 is 4.74 Å². The lowest BCUT2D eigenvalue weighted by atomic mass is 10.1. The van der Waals surface area contributed by atoms with Gasteiger partial charge in [0.2, 0.25) is 5.88 Å². The average molecular weight is 334 g/mol. The van der Waals surface area contributed by atoms with Crippen molar-refractivity contribution in [1.82, 2.24) is 19.7 Å². The second kappa shape index (κ2) is 5.95. The van der Waals surface area contributed by atoms with E-state index in [-0.39, 0.29) is 11.8 Å². The van der Waals surface area contributed by atoms with Gasteiger partial charge in [-0.3, -0.25) is 0 Å². The van der Waals surface area contributed by atoms with Crippen LogP contribution in [0, 0.1) is 6.92 Å². The van der Waals surface area contributed by atoms with Crippen molar-refractivity contribution in [2.24, 2.45) is 0 Å². The van der Waals surface area contributed by atoms with Crippen LogP contribution in [0.1, 0.15) is 11.3 Å². The largest absolute Gasteiger partial charge is 0.481 e. The summed E-state index contributed by atoms with van der Waals surface area (Å²) in [6.07, 6.45) is -3.36. The molecular formula is C16H13F3N4O. The normalized spacial score (nSPS) is 11.5. The van der Waals surface area contributed by atoms with E-state index < -0.39 is 11.9 Å². The van der Waals surface area contributed by atoms with E-state index in [1.165, 1.54) is 7.11 Å². The number of ether oxygens (including phenoxy) is 1. The maximum atomic E-state index is 12.7. The lowest BCUT2D eigenvalue weighted by Crippen LogP contribution is -2.09. The van der Waals surface area contributed by atoms with Crippen molar-refractivity contribution >= 4 is 0 Å². The van der Waals surface area contributed by atoms with Gasteiger partial charge >= 0.3 is 6.18 Å². The van der Waals surface area contributed by atoms with Crippen molar-refractivity contribution in [3.63, 3.8) is 0 Å². The minimum Gasteiger partial charge on any atom is -0.481 e. The topological polar surface area (TPSA) is 52.8 Å². The first kappa shape index (κ1) is 16.0. The second-order valence-electron chi connectivity index (χ2n) is 5.10. The third-order valence-corrected chi connectivity index (χ3v) is 3.33. The summed E-state index contributed by atoms with van der Waals surface area (Å²) >= 11 is 0. The number of rotatable bonds is 3. The Bertz CT molecular complexity index is 857. The number of methoxy groups -OCH3 is 1. The van der Waals surface area contributed by atoms with E-state index in [2.05, 4.69) is 15.1 Å². The Kier molecular flexibility index (Phi) is 3.96. The molecule has 3 aromatic rings. The van der Waals surface area contributed by atoms with Crippen LogP contribution in [0.4, 0.5) is 13.2 Å². The van der Waals surface area contributed by atoms with Gasteiger partial charge in [0.05, 0.1) is 12.8 Å². The zero-order chi connectivity index (χ0) is 17.3. The van der Waals surface area contributed by atoms with Gasteiger partial charge in [0, 0.05) is 17.8 Å². The summed E-state index contributed by atoms with van der Waals surface area (Å²) in [7, 11) is 1.43. The van der Waals surface area contributed by atoms with E-state index in [0.29, 0.717) is 5.69 Å². The molecule has 0 spiro atoms. The van der Waals surface area contributed by atoms with Gasteiger partial charge in [-0.15, -0.1) is 0 Å². The molecule has 0 saturated heterocycles. The zero-order valence-corrected chi connectivity index (χ0v) is 12.9. The molecule has 2 aromatic heterocycles. The van der Waals surface area contributed by atoms with Gasteiger partial charge in [-0.25, -0.2) is 9.67 Å². The number of alkyl halides is 3. The van der Waals surface area contributed by atoms with Gasteiger partial charge < -0.3 is 4.74 Å². The molecule has 124 valence electrons. The Morgan fingerprint density at radius 3 is 2.33 bits per heavy atom. The smallest absolute Gasteiger partial charge is 0.435 e. The third kappa shape index (κ3) is 3.22. The molecule has 0 aliphatic heterocycles. The summed E-state index contributed by atoms with van der Waals surface area (Å²) < 4.78 is 44.2. The fourth-order valence-electron chi connectivity index (χ4n) is 2.08. The molecule has 24 heavy (non-hydrogen) atoms. The first-order chi connectivity index (χ1) is 11.4. The number of aryl methyl sites for hydroxylation is 1. The van der Waals surface area contributed by atoms with Gasteiger partial charge in [-0.2, -0.15) is 23.3 Å². The molecule has 0 aliphatic carbocycles. The second-order valence-corrected chi connectivity index (χ2v) is 5.10. The van der Waals surface area contributed by atoms with Crippen molar-refractivity contribution < 1.29 is 17.9 Å². The Hall–Kier alpha value is -2.90. The zero-order valence-electron chi connectivity index (χ0n) is 12.9. The lowest BCUT2D eigenvalue weighted by Gasteiger charge is -2.08. The monoisotopic (exact) mass is 334 g/mol. The minimum absolute atomic E-state index is 0.000394. The van der Waals surface area contributed by atoms with Crippen molar-refractivity contribution in [3.8, 4) is 23.1 Å². The quantitative estimate of drug-likeness (QED) is 0.733. The fraction of sp³-hybridized carbons (Fsp3) is 0.188. The fourth-order valence-corrected chi connectivity index (χ4v) is 2.08. The van der Waals surface area contributed by atoms with Gasteiger partial charge in [0.1, 0.15) is 0 Å². The predicted octanol–water partition coefficient (Wildman–Crippen LogP) is 3.67. The molecule has 0 aliphatic rings. The molecule has 0 fully saturated rings. The summed E-state index contributed by atoms with van der Waals surface area (Å²) in [5.41, 5.74) is 1.40. The number of benzene rings is 1. The van der Waals surface area contributed by atoms with E-state index in [0.717, 1.165) is 28.1 Å². The Morgan fingerprint density at radius 1 is 1.04 bits per heavy atom. The van der Waals surface area contributed by atoms with Crippen LogP contribution in [-0.2, 0) is 6.18 Å². The molecule has 5 nitrogen and oxygen atoms in total. The molecule has 0 amide bonds. The molecule has 0 bridgehead atoms. The van der Waals surface area contributed by atoms with E-state index in [4.69, 9.17) is 4.74 Å². The van der Waals surface area contributed by atoms with Crippen LogP contribution in [0.5, 0.6) is 5.88 Å². The summed E-state index contributed by atoms with van der Waals surface area (Å²) in [6, 6.07) is 10.0. The van der Waals surface area contributed by atoms with Crippen LogP contribution in [0.15, 0.2) is 42.6 Å². The standard InChI is InChI=1S/C16H13F3N4O/c1-10-3-5-11(6-4-10)12-9-14(24-2)21-15(20-12)23-8-7-13(22-23)16(17,18)19/h3-9H,1-2H3. The molecule has 0 N–H and O–H groups in total. The summed E-state index contributed by atoms with van der Waals surface area (Å²) in [5, 5.41) is 3.49. The number of halogens is 3. The molecule has 2 heterocycles. The summed E-state index contributed by atoms with van der Waals surface area (Å²) in [5.74, 6) is 0.236. The van der Waals surface area contributed by atoms with Crippen molar-refractivity contribution in [2.75, 3.05) is 7.11 Å². The average Bonchev–Trinajstić information content (AvgIpc) is 3.05. The van der Waals surface area contributed by atoms with Gasteiger partial charge in [0.15, 0.2) is 5.69 Å². The van der Waals surface area contributed by atoms with Crippen molar-refractivity contribution in [1.29, 1.82) is 0 Å². The highest BCUT2D eigenvalue weighted by Crippen LogP contribution is 2.28. The molecule has 0 radical (unpaired) electrons. The molecule has 0 saturated carbocycles. The van der Waals surface area contributed by atoms with E-state index in [1.807, 2.05) is 31.2 Å². The molecule has 0 unspecified atom stereocenters. The summed E-state index contributed by atoms with van der Waals surface area (Å²) in [4.78, 5) is 8.35. The van der Waals surface area contributed by atoms with Gasteiger partial charge in [-0.1, -0.05) is 29.8 Å². The predicted molar refractivity (Wildman–Crippen MR) is 80.9 cm³/mol. The summed E-state index contributed by atoms with van der Waals surface area (Å²) in [6.45, 7) is 1.96. The maximum Gasteiger partial charge on any atom is 0.435 e. The number of aromatic nitrogens is 4. The Labute approximate surface area is 135 Å². The molecule has 3 rings (SSSR count). The van der Waals surface area contributed by atoms with Gasteiger partial charge in [-0.05, 0) is 13.0 Å². The SMILES string of the molecule is COc1cc(-c2ccc(C)cc2)nc(-n2ccc(C(F)(F)F)n2)n1. The number of nitrogens with zero attached hydrogens (tertiary/aromatic N) is 4. The molecule has 1 aromatic carbocycles. The van der Waals surface area contributed by atoms with Crippen molar-refractivity contribution in [3.05, 3.63) is 53.9 Å². The van der Waals surface area contributed by atoms with Crippen LogP contribution in [-0.4, -0.2) is 26.9 Å². The molecule has 8 heteroatoms. The van der Waals surface area contributed by atoms with Gasteiger partial charge in [0.25, 0.3) is 5.95 Å². The van der Waals surface area contributed by atoms with Crippen LogP contribution in [0.25, 0.3) is 17.2 Å². The highest BCUT2D eigenvalue weighted by atomic mass is 19.4. The van der Waals surface area contributed by atoms with Crippen molar-refractivity contribution in [2.45, 2.75) is 13.1 Å². The maximum absolute atomic E-state index is 12.7. The molecule has 0 atom stereocenters.